The van der Waals surface area contributed by atoms with E-state index in [1.165, 1.54) is 0 Å². The van der Waals surface area contributed by atoms with Crippen LogP contribution in [-0.4, -0.2) is 19.1 Å². The van der Waals surface area contributed by atoms with Gasteiger partial charge in [-0.2, -0.15) is 0 Å². The molecule has 0 fully saturated rings. The van der Waals surface area contributed by atoms with Crippen LogP contribution >= 0.6 is 0 Å². The molecule has 0 spiro atoms. The number of amides is 2. The second-order valence-electron chi connectivity index (χ2n) is 4.07. The van der Waals surface area contributed by atoms with Gasteiger partial charge in [-0.05, 0) is 25.0 Å². The molecule has 94 valence electrons. The summed E-state index contributed by atoms with van der Waals surface area (Å²) < 4.78 is 0. The van der Waals surface area contributed by atoms with Gasteiger partial charge in [0.2, 0.25) is 0 Å². The SMILES string of the molecule is CCCCN(C(=O)NCCC)c1ccccc1. The number of nitrogens with zero attached hydrogens (tertiary/aromatic N) is 1. The predicted molar refractivity (Wildman–Crippen MR) is 72.4 cm³/mol. The van der Waals surface area contributed by atoms with Crippen LogP contribution in [0.25, 0.3) is 0 Å². The summed E-state index contributed by atoms with van der Waals surface area (Å²) in [4.78, 5) is 13.8. The normalized spacial score (nSPS) is 10.0. The first kappa shape index (κ1) is 13.6. The Hall–Kier alpha value is -1.51. The Morgan fingerprint density at radius 1 is 1.18 bits per heavy atom. The number of urea groups is 1. The van der Waals surface area contributed by atoms with Crippen LogP contribution in [0.4, 0.5) is 10.5 Å². The average molecular weight is 234 g/mol. The lowest BCUT2D eigenvalue weighted by atomic mass is 10.2. The Labute approximate surface area is 104 Å². The summed E-state index contributed by atoms with van der Waals surface area (Å²) in [6, 6.07) is 9.84. The first-order valence-corrected chi connectivity index (χ1v) is 6.40. The molecular weight excluding hydrogens is 212 g/mol. The zero-order valence-corrected chi connectivity index (χ0v) is 10.8. The molecule has 0 aliphatic rings. The standard InChI is InChI=1S/C14H22N2O/c1-3-5-12-16(14(17)15-11-4-2)13-9-7-6-8-10-13/h6-10H,3-5,11-12H2,1-2H3,(H,15,17). The van der Waals surface area contributed by atoms with Gasteiger partial charge in [-0.1, -0.05) is 38.5 Å². The molecule has 0 radical (unpaired) electrons. The fraction of sp³-hybridized carbons (Fsp3) is 0.500. The van der Waals surface area contributed by atoms with Crippen LogP contribution in [0.15, 0.2) is 30.3 Å². The van der Waals surface area contributed by atoms with Crippen molar-refractivity contribution >= 4 is 11.7 Å². The third-order valence-electron chi connectivity index (χ3n) is 2.57. The molecule has 3 heteroatoms. The minimum absolute atomic E-state index is 0.00602. The highest BCUT2D eigenvalue weighted by molar-refractivity contribution is 5.91. The molecule has 0 aromatic heterocycles. The quantitative estimate of drug-likeness (QED) is 0.803. The molecule has 1 aromatic carbocycles. The zero-order chi connectivity index (χ0) is 12.5. The van der Waals surface area contributed by atoms with E-state index in [2.05, 4.69) is 19.2 Å². The molecule has 17 heavy (non-hydrogen) atoms. The van der Waals surface area contributed by atoms with Crippen molar-refractivity contribution in [1.29, 1.82) is 0 Å². The van der Waals surface area contributed by atoms with Gasteiger partial charge in [-0.3, -0.25) is 4.90 Å². The van der Waals surface area contributed by atoms with E-state index < -0.39 is 0 Å². The van der Waals surface area contributed by atoms with Gasteiger partial charge in [-0.15, -0.1) is 0 Å². The van der Waals surface area contributed by atoms with Gasteiger partial charge in [0.25, 0.3) is 0 Å². The summed E-state index contributed by atoms with van der Waals surface area (Å²) >= 11 is 0. The molecule has 3 nitrogen and oxygen atoms in total. The minimum Gasteiger partial charge on any atom is -0.338 e. The topological polar surface area (TPSA) is 32.3 Å². The monoisotopic (exact) mass is 234 g/mol. The van der Waals surface area contributed by atoms with Crippen molar-refractivity contribution in [2.24, 2.45) is 0 Å². The highest BCUT2D eigenvalue weighted by Gasteiger charge is 2.13. The van der Waals surface area contributed by atoms with E-state index in [-0.39, 0.29) is 6.03 Å². The van der Waals surface area contributed by atoms with Crippen LogP contribution in [-0.2, 0) is 0 Å². The van der Waals surface area contributed by atoms with Gasteiger partial charge in [-0.25, -0.2) is 4.79 Å². The number of para-hydroxylation sites is 1. The van der Waals surface area contributed by atoms with Gasteiger partial charge in [0.15, 0.2) is 0 Å². The maximum absolute atomic E-state index is 12.0. The largest absolute Gasteiger partial charge is 0.338 e. The molecule has 0 bridgehead atoms. The highest BCUT2D eigenvalue weighted by Crippen LogP contribution is 2.14. The summed E-state index contributed by atoms with van der Waals surface area (Å²) in [5, 5.41) is 2.93. The average Bonchev–Trinajstić information content (AvgIpc) is 2.38. The molecule has 0 saturated heterocycles. The highest BCUT2D eigenvalue weighted by atomic mass is 16.2. The van der Waals surface area contributed by atoms with Gasteiger partial charge >= 0.3 is 6.03 Å². The lowest BCUT2D eigenvalue weighted by Gasteiger charge is -2.23. The van der Waals surface area contributed by atoms with Crippen molar-refractivity contribution in [3.63, 3.8) is 0 Å². The van der Waals surface area contributed by atoms with Gasteiger partial charge < -0.3 is 5.32 Å². The Kier molecular flexibility index (Phi) is 6.15. The second kappa shape index (κ2) is 7.71. The first-order chi connectivity index (χ1) is 8.29. The number of unbranched alkanes of at least 4 members (excludes halogenated alkanes) is 1. The van der Waals surface area contributed by atoms with Crippen molar-refractivity contribution in [2.45, 2.75) is 33.1 Å². The number of rotatable bonds is 6. The molecular formula is C14H22N2O. The van der Waals surface area contributed by atoms with Gasteiger partial charge in [0, 0.05) is 18.8 Å². The summed E-state index contributed by atoms with van der Waals surface area (Å²) in [6.07, 6.45) is 3.07. The molecule has 1 N–H and O–H groups in total. The number of anilines is 1. The first-order valence-electron chi connectivity index (χ1n) is 6.40. The zero-order valence-electron chi connectivity index (χ0n) is 10.8. The Morgan fingerprint density at radius 3 is 2.47 bits per heavy atom. The molecule has 0 aliphatic heterocycles. The van der Waals surface area contributed by atoms with Crippen LogP contribution in [0.3, 0.4) is 0 Å². The molecule has 0 saturated carbocycles. The Balaban J connectivity index is 2.69. The van der Waals surface area contributed by atoms with Crippen LogP contribution in [0.1, 0.15) is 33.1 Å². The third kappa shape index (κ3) is 4.47. The number of hydrogen-bond acceptors (Lipinski definition) is 1. The van der Waals surface area contributed by atoms with Crippen molar-refractivity contribution in [3.8, 4) is 0 Å². The van der Waals surface area contributed by atoms with Crippen LogP contribution in [0.2, 0.25) is 0 Å². The van der Waals surface area contributed by atoms with Gasteiger partial charge in [0.1, 0.15) is 0 Å². The molecule has 2 amide bonds. The summed E-state index contributed by atoms with van der Waals surface area (Å²) in [5.41, 5.74) is 0.967. The number of hydrogen-bond donors (Lipinski definition) is 1. The maximum atomic E-state index is 12.0. The summed E-state index contributed by atoms with van der Waals surface area (Å²) in [6.45, 7) is 5.69. The van der Waals surface area contributed by atoms with E-state index >= 15 is 0 Å². The minimum atomic E-state index is 0.00602. The van der Waals surface area contributed by atoms with E-state index in [1.807, 2.05) is 35.2 Å². The van der Waals surface area contributed by atoms with Crippen LogP contribution in [0.5, 0.6) is 0 Å². The fourth-order valence-electron chi connectivity index (χ4n) is 1.60. The van der Waals surface area contributed by atoms with E-state index in [4.69, 9.17) is 0 Å². The molecule has 0 unspecified atom stereocenters. The van der Waals surface area contributed by atoms with Crippen molar-refractivity contribution in [3.05, 3.63) is 30.3 Å². The molecule has 1 rings (SSSR count). The summed E-state index contributed by atoms with van der Waals surface area (Å²) in [5.74, 6) is 0. The fourth-order valence-corrected chi connectivity index (χ4v) is 1.60. The van der Waals surface area contributed by atoms with E-state index in [0.717, 1.165) is 38.0 Å². The predicted octanol–water partition coefficient (Wildman–Crippen LogP) is 3.41. The van der Waals surface area contributed by atoms with E-state index in [9.17, 15) is 4.79 Å². The van der Waals surface area contributed by atoms with Crippen molar-refractivity contribution in [2.75, 3.05) is 18.0 Å². The number of carbonyl (C=O) groups is 1. The molecule has 0 heterocycles. The number of benzene rings is 1. The van der Waals surface area contributed by atoms with Crippen molar-refractivity contribution < 1.29 is 4.79 Å². The van der Waals surface area contributed by atoms with E-state index in [0.29, 0.717) is 0 Å². The van der Waals surface area contributed by atoms with Crippen LogP contribution < -0.4 is 10.2 Å². The number of carbonyl (C=O) groups excluding carboxylic acids is 1. The Bertz CT molecular complexity index is 324. The second-order valence-corrected chi connectivity index (χ2v) is 4.07. The smallest absolute Gasteiger partial charge is 0.321 e. The maximum Gasteiger partial charge on any atom is 0.321 e. The third-order valence-corrected chi connectivity index (χ3v) is 2.57. The molecule has 1 aromatic rings. The Morgan fingerprint density at radius 2 is 1.88 bits per heavy atom. The van der Waals surface area contributed by atoms with Gasteiger partial charge in [0.05, 0.1) is 0 Å². The number of nitrogens with one attached hydrogen (secondary N) is 1. The van der Waals surface area contributed by atoms with Crippen LogP contribution in [0, 0.1) is 0 Å². The lowest BCUT2D eigenvalue weighted by molar-refractivity contribution is 0.246. The van der Waals surface area contributed by atoms with Crippen molar-refractivity contribution in [1.82, 2.24) is 5.32 Å². The molecule has 0 aliphatic carbocycles. The molecule has 0 atom stereocenters. The van der Waals surface area contributed by atoms with E-state index in [1.54, 1.807) is 0 Å². The summed E-state index contributed by atoms with van der Waals surface area (Å²) in [7, 11) is 0. The lowest BCUT2D eigenvalue weighted by Crippen LogP contribution is -2.41.